The molecule has 3 N–H and O–H groups in total. The number of fused-ring (bicyclic) bond motifs is 1. The first-order valence-corrected chi connectivity index (χ1v) is 10.1. The number of hydrogen-bond acceptors (Lipinski definition) is 2. The van der Waals surface area contributed by atoms with Crippen molar-refractivity contribution in [3.63, 3.8) is 0 Å². The third-order valence-corrected chi connectivity index (χ3v) is 5.30. The predicted molar refractivity (Wildman–Crippen MR) is 119 cm³/mol. The van der Waals surface area contributed by atoms with Crippen molar-refractivity contribution in [3.8, 4) is 11.1 Å². The number of H-pyrrole nitrogens is 1. The highest BCUT2D eigenvalue weighted by molar-refractivity contribution is 6.10. The number of carbonyl (C=O) groups is 2. The van der Waals surface area contributed by atoms with Gasteiger partial charge in [0.05, 0.1) is 11.1 Å². The number of amides is 1. The number of aryl methyl sites for hydroxylation is 1. The number of aromatic carboxylic acids is 1. The standard InChI is InChI=1S/C25H20F2N2O3/c1-2-5-15-13-28-22-9-8-14(10-19(15)22)16-11-20(26)23(21(27)12-16)29-24(30)17-6-3-4-7-18(17)25(31)32/h3-4,6-13,28H,2,5H2,1H3,(H,29,30)(H,31,32). The van der Waals surface area contributed by atoms with Crippen molar-refractivity contribution in [2.45, 2.75) is 19.8 Å². The average Bonchev–Trinajstić information content (AvgIpc) is 3.18. The molecule has 1 aromatic heterocycles. The summed E-state index contributed by atoms with van der Waals surface area (Å²) < 4.78 is 29.6. The monoisotopic (exact) mass is 434 g/mol. The minimum absolute atomic E-state index is 0.191. The molecule has 0 aliphatic carbocycles. The van der Waals surface area contributed by atoms with Gasteiger partial charge < -0.3 is 15.4 Å². The van der Waals surface area contributed by atoms with Crippen LogP contribution in [0.2, 0.25) is 0 Å². The van der Waals surface area contributed by atoms with E-state index in [9.17, 15) is 23.5 Å². The van der Waals surface area contributed by atoms with Gasteiger partial charge >= 0.3 is 5.97 Å². The molecular weight excluding hydrogens is 414 g/mol. The lowest BCUT2D eigenvalue weighted by Gasteiger charge is -2.11. The normalized spacial score (nSPS) is 11.0. The van der Waals surface area contributed by atoms with Crippen LogP contribution >= 0.6 is 0 Å². The highest BCUT2D eigenvalue weighted by atomic mass is 19.1. The number of anilines is 1. The quantitative estimate of drug-likeness (QED) is 0.347. The van der Waals surface area contributed by atoms with Crippen LogP contribution in [0.15, 0.2) is 60.8 Å². The topological polar surface area (TPSA) is 82.2 Å². The fraction of sp³-hybridized carbons (Fsp3) is 0.120. The molecule has 32 heavy (non-hydrogen) atoms. The summed E-state index contributed by atoms with van der Waals surface area (Å²) in [5.41, 5.74) is 1.96. The minimum atomic E-state index is -1.31. The first-order valence-electron chi connectivity index (χ1n) is 10.1. The molecule has 0 unspecified atom stereocenters. The molecule has 1 amide bonds. The fourth-order valence-corrected chi connectivity index (χ4v) is 3.74. The van der Waals surface area contributed by atoms with Crippen LogP contribution in [-0.2, 0) is 6.42 Å². The molecule has 4 rings (SSSR count). The molecule has 162 valence electrons. The molecular formula is C25H20F2N2O3. The number of aromatic amines is 1. The van der Waals surface area contributed by atoms with E-state index in [2.05, 4.69) is 17.2 Å². The smallest absolute Gasteiger partial charge is 0.336 e. The van der Waals surface area contributed by atoms with Crippen molar-refractivity contribution < 1.29 is 23.5 Å². The van der Waals surface area contributed by atoms with Gasteiger partial charge in [0.1, 0.15) is 17.3 Å². The molecule has 0 spiro atoms. The number of hydrogen-bond donors (Lipinski definition) is 3. The zero-order valence-corrected chi connectivity index (χ0v) is 17.2. The van der Waals surface area contributed by atoms with Crippen LogP contribution in [0.1, 0.15) is 39.6 Å². The van der Waals surface area contributed by atoms with E-state index < -0.39 is 29.2 Å². The molecule has 0 aliphatic heterocycles. The molecule has 0 bridgehead atoms. The molecule has 3 aromatic carbocycles. The number of carboxylic acid groups (broad SMARTS) is 1. The van der Waals surface area contributed by atoms with Gasteiger partial charge in [0.2, 0.25) is 0 Å². The molecule has 0 radical (unpaired) electrons. The Kier molecular flexibility index (Phi) is 5.73. The number of carboxylic acids is 1. The van der Waals surface area contributed by atoms with Crippen LogP contribution in [0.4, 0.5) is 14.5 Å². The van der Waals surface area contributed by atoms with E-state index in [1.165, 1.54) is 24.3 Å². The first kappa shape index (κ1) is 21.2. The molecule has 0 saturated heterocycles. The van der Waals surface area contributed by atoms with Gasteiger partial charge in [-0.3, -0.25) is 4.79 Å². The molecule has 0 saturated carbocycles. The summed E-state index contributed by atoms with van der Waals surface area (Å²) in [4.78, 5) is 27.0. The Hall–Kier alpha value is -4.00. The van der Waals surface area contributed by atoms with Crippen molar-refractivity contribution in [2.24, 2.45) is 0 Å². The molecule has 7 heteroatoms. The van der Waals surface area contributed by atoms with Crippen molar-refractivity contribution in [1.29, 1.82) is 0 Å². The Morgan fingerprint density at radius 2 is 1.66 bits per heavy atom. The molecule has 0 aliphatic rings. The van der Waals surface area contributed by atoms with Crippen LogP contribution < -0.4 is 5.32 Å². The van der Waals surface area contributed by atoms with E-state index in [0.29, 0.717) is 11.1 Å². The van der Waals surface area contributed by atoms with Gasteiger partial charge in [-0.2, -0.15) is 0 Å². The maximum Gasteiger partial charge on any atom is 0.336 e. The Morgan fingerprint density at radius 3 is 2.31 bits per heavy atom. The van der Waals surface area contributed by atoms with E-state index in [-0.39, 0.29) is 11.1 Å². The summed E-state index contributed by atoms with van der Waals surface area (Å²) in [6.07, 6.45) is 3.79. The highest BCUT2D eigenvalue weighted by Crippen LogP contribution is 2.31. The average molecular weight is 434 g/mol. The van der Waals surface area contributed by atoms with E-state index in [1.807, 2.05) is 18.3 Å². The Labute approximate surface area is 182 Å². The summed E-state index contributed by atoms with van der Waals surface area (Å²) >= 11 is 0. The zero-order chi connectivity index (χ0) is 22.8. The van der Waals surface area contributed by atoms with Crippen LogP contribution in [0.25, 0.3) is 22.0 Å². The van der Waals surface area contributed by atoms with Gasteiger partial charge in [0.15, 0.2) is 0 Å². The Morgan fingerprint density at radius 1 is 0.969 bits per heavy atom. The number of nitrogens with one attached hydrogen (secondary N) is 2. The van der Waals surface area contributed by atoms with E-state index in [4.69, 9.17) is 0 Å². The van der Waals surface area contributed by atoms with Crippen molar-refractivity contribution in [1.82, 2.24) is 4.98 Å². The first-order chi connectivity index (χ1) is 15.4. The lowest BCUT2D eigenvalue weighted by Crippen LogP contribution is -2.18. The third kappa shape index (κ3) is 3.97. The van der Waals surface area contributed by atoms with Crippen LogP contribution in [-0.4, -0.2) is 22.0 Å². The summed E-state index contributed by atoms with van der Waals surface area (Å²) in [6.45, 7) is 2.08. The lowest BCUT2D eigenvalue weighted by molar-refractivity contribution is 0.0692. The highest BCUT2D eigenvalue weighted by Gasteiger charge is 2.20. The van der Waals surface area contributed by atoms with E-state index in [0.717, 1.165) is 41.4 Å². The summed E-state index contributed by atoms with van der Waals surface area (Å²) in [6, 6.07) is 13.3. The third-order valence-electron chi connectivity index (χ3n) is 5.30. The van der Waals surface area contributed by atoms with Crippen molar-refractivity contribution in [2.75, 3.05) is 5.32 Å². The maximum atomic E-state index is 14.8. The number of rotatable bonds is 6. The SMILES string of the molecule is CCCc1c[nH]c2ccc(-c3cc(F)c(NC(=O)c4ccccc4C(=O)O)c(F)c3)cc12. The van der Waals surface area contributed by atoms with Gasteiger partial charge in [-0.25, -0.2) is 13.6 Å². The van der Waals surface area contributed by atoms with Crippen LogP contribution in [0.5, 0.6) is 0 Å². The van der Waals surface area contributed by atoms with Gasteiger partial charge in [-0.05, 0) is 59.5 Å². The van der Waals surface area contributed by atoms with Gasteiger partial charge in [0, 0.05) is 17.1 Å². The number of halogens is 2. The Balaban J connectivity index is 1.67. The van der Waals surface area contributed by atoms with Gasteiger partial charge in [-0.1, -0.05) is 31.5 Å². The molecule has 0 fully saturated rings. The summed E-state index contributed by atoms with van der Waals surface area (Å²) in [7, 11) is 0. The van der Waals surface area contributed by atoms with Crippen LogP contribution in [0, 0.1) is 11.6 Å². The fourth-order valence-electron chi connectivity index (χ4n) is 3.74. The van der Waals surface area contributed by atoms with Crippen LogP contribution in [0.3, 0.4) is 0 Å². The van der Waals surface area contributed by atoms with Crippen molar-refractivity contribution >= 4 is 28.5 Å². The Bertz CT molecular complexity index is 1320. The predicted octanol–water partition coefficient (Wildman–Crippen LogP) is 6.02. The molecule has 1 heterocycles. The van der Waals surface area contributed by atoms with Gasteiger partial charge in [0.25, 0.3) is 5.91 Å². The largest absolute Gasteiger partial charge is 0.478 e. The number of benzene rings is 3. The summed E-state index contributed by atoms with van der Waals surface area (Å²) in [5.74, 6) is -4.13. The number of carbonyl (C=O) groups excluding carboxylic acids is 1. The number of aromatic nitrogens is 1. The van der Waals surface area contributed by atoms with E-state index in [1.54, 1.807) is 6.07 Å². The minimum Gasteiger partial charge on any atom is -0.478 e. The van der Waals surface area contributed by atoms with Gasteiger partial charge in [-0.15, -0.1) is 0 Å². The molecule has 4 aromatic rings. The summed E-state index contributed by atoms with van der Waals surface area (Å²) in [5, 5.41) is 12.4. The lowest BCUT2D eigenvalue weighted by atomic mass is 10.0. The maximum absolute atomic E-state index is 14.8. The van der Waals surface area contributed by atoms with E-state index >= 15 is 0 Å². The second-order valence-corrected chi connectivity index (χ2v) is 7.44. The zero-order valence-electron chi connectivity index (χ0n) is 17.2. The van der Waals surface area contributed by atoms with Crippen molar-refractivity contribution in [3.05, 3.63) is 89.1 Å². The molecule has 0 atom stereocenters. The second-order valence-electron chi connectivity index (χ2n) is 7.44. The molecule has 5 nitrogen and oxygen atoms in total. The second kappa shape index (κ2) is 8.63.